The van der Waals surface area contributed by atoms with Crippen LogP contribution in [-0.2, 0) is 0 Å². The first-order chi connectivity index (χ1) is 6.16. The Bertz CT molecular complexity index is 372. The summed E-state index contributed by atoms with van der Waals surface area (Å²) < 4.78 is 0. The summed E-state index contributed by atoms with van der Waals surface area (Å²) in [6.07, 6.45) is 0. The Morgan fingerprint density at radius 2 is 1.69 bits per heavy atom. The maximum absolute atomic E-state index is 4.17. The van der Waals surface area contributed by atoms with Gasteiger partial charge in [-0.15, -0.1) is 0 Å². The van der Waals surface area contributed by atoms with Crippen LogP contribution in [0.15, 0.2) is 22.1 Å². The predicted octanol–water partition coefficient (Wildman–Crippen LogP) is 3.05. The topological polar surface area (TPSA) is 24.7 Å². The quantitative estimate of drug-likeness (QED) is 0.585. The van der Waals surface area contributed by atoms with Crippen LogP contribution in [0.2, 0.25) is 0 Å². The van der Waals surface area contributed by atoms with Gasteiger partial charge < -0.3 is 0 Å². The van der Waals surface area contributed by atoms with E-state index in [2.05, 4.69) is 42.0 Å². The highest BCUT2D eigenvalue weighted by Gasteiger charge is 2.02. The molecule has 0 saturated heterocycles. The minimum absolute atomic E-state index is 0.991. The second kappa shape index (κ2) is 4.01. The SMILES string of the molecule is CN=C=Nc1c(C)ccc(C)c1C. The monoisotopic (exact) mass is 174 g/mol. The number of rotatable bonds is 1. The van der Waals surface area contributed by atoms with Gasteiger partial charge in [0.25, 0.3) is 0 Å². The minimum atomic E-state index is 0.991. The second-order valence-corrected chi connectivity index (χ2v) is 3.11. The molecular formula is C11H14N2. The molecule has 13 heavy (non-hydrogen) atoms. The Hall–Kier alpha value is -1.40. The fourth-order valence-electron chi connectivity index (χ4n) is 1.21. The third-order valence-corrected chi connectivity index (χ3v) is 2.17. The number of hydrogen-bond donors (Lipinski definition) is 0. The number of hydrogen-bond acceptors (Lipinski definition) is 2. The summed E-state index contributed by atoms with van der Waals surface area (Å²) in [6.45, 7) is 6.19. The van der Waals surface area contributed by atoms with E-state index in [1.807, 2.05) is 6.92 Å². The zero-order chi connectivity index (χ0) is 9.84. The van der Waals surface area contributed by atoms with Crippen molar-refractivity contribution >= 4 is 11.7 Å². The van der Waals surface area contributed by atoms with E-state index in [0.717, 1.165) is 5.69 Å². The van der Waals surface area contributed by atoms with Crippen molar-refractivity contribution in [3.63, 3.8) is 0 Å². The molecule has 2 nitrogen and oxygen atoms in total. The maximum Gasteiger partial charge on any atom is 0.0946 e. The lowest BCUT2D eigenvalue weighted by Gasteiger charge is -2.05. The van der Waals surface area contributed by atoms with Gasteiger partial charge in [0.1, 0.15) is 0 Å². The Kier molecular flexibility index (Phi) is 2.99. The summed E-state index contributed by atoms with van der Waals surface area (Å²) in [6, 6.07) is 6.80. The summed E-state index contributed by atoms with van der Waals surface area (Å²) in [7, 11) is 1.67. The van der Waals surface area contributed by atoms with Gasteiger partial charge in [-0.2, -0.15) is 4.99 Å². The van der Waals surface area contributed by atoms with Crippen molar-refractivity contribution < 1.29 is 0 Å². The van der Waals surface area contributed by atoms with Crippen LogP contribution in [0, 0.1) is 20.8 Å². The van der Waals surface area contributed by atoms with Crippen LogP contribution in [-0.4, -0.2) is 13.1 Å². The third kappa shape index (κ3) is 2.04. The van der Waals surface area contributed by atoms with E-state index in [0.29, 0.717) is 0 Å². The molecule has 0 spiro atoms. The van der Waals surface area contributed by atoms with Crippen molar-refractivity contribution in [1.29, 1.82) is 0 Å². The van der Waals surface area contributed by atoms with Crippen LogP contribution < -0.4 is 0 Å². The van der Waals surface area contributed by atoms with E-state index in [1.54, 1.807) is 7.05 Å². The molecule has 0 aliphatic carbocycles. The van der Waals surface area contributed by atoms with E-state index < -0.39 is 0 Å². The average Bonchev–Trinajstić information content (AvgIpc) is 2.12. The van der Waals surface area contributed by atoms with Gasteiger partial charge in [0.2, 0.25) is 0 Å². The predicted molar refractivity (Wildman–Crippen MR) is 56.1 cm³/mol. The maximum atomic E-state index is 4.17. The molecule has 0 atom stereocenters. The van der Waals surface area contributed by atoms with Gasteiger partial charge in [-0.1, -0.05) is 12.1 Å². The van der Waals surface area contributed by atoms with Gasteiger partial charge in [0, 0.05) is 7.05 Å². The van der Waals surface area contributed by atoms with Crippen molar-refractivity contribution in [2.24, 2.45) is 9.98 Å². The smallest absolute Gasteiger partial charge is 0.0946 e. The van der Waals surface area contributed by atoms with Crippen LogP contribution in [0.5, 0.6) is 0 Å². The Labute approximate surface area is 79.0 Å². The highest BCUT2D eigenvalue weighted by Crippen LogP contribution is 2.25. The van der Waals surface area contributed by atoms with Crippen LogP contribution in [0.4, 0.5) is 5.69 Å². The van der Waals surface area contributed by atoms with Gasteiger partial charge in [0.05, 0.1) is 11.7 Å². The number of nitrogens with zero attached hydrogens (tertiary/aromatic N) is 2. The van der Waals surface area contributed by atoms with Crippen molar-refractivity contribution in [2.75, 3.05) is 7.05 Å². The van der Waals surface area contributed by atoms with Gasteiger partial charge in [-0.3, -0.25) is 0 Å². The molecule has 0 radical (unpaired) electrons. The lowest BCUT2D eigenvalue weighted by molar-refractivity contribution is 1.27. The molecule has 2 heteroatoms. The van der Waals surface area contributed by atoms with Crippen molar-refractivity contribution in [2.45, 2.75) is 20.8 Å². The average molecular weight is 174 g/mol. The fraction of sp³-hybridized carbons (Fsp3) is 0.364. The first-order valence-electron chi connectivity index (χ1n) is 4.28. The molecule has 0 unspecified atom stereocenters. The van der Waals surface area contributed by atoms with E-state index in [-0.39, 0.29) is 0 Å². The second-order valence-electron chi connectivity index (χ2n) is 3.11. The zero-order valence-electron chi connectivity index (χ0n) is 8.55. The molecule has 68 valence electrons. The van der Waals surface area contributed by atoms with Crippen LogP contribution in [0.3, 0.4) is 0 Å². The van der Waals surface area contributed by atoms with Crippen LogP contribution in [0.25, 0.3) is 0 Å². The van der Waals surface area contributed by atoms with Gasteiger partial charge >= 0.3 is 0 Å². The van der Waals surface area contributed by atoms with Crippen molar-refractivity contribution in [3.8, 4) is 0 Å². The first-order valence-corrected chi connectivity index (χ1v) is 4.28. The van der Waals surface area contributed by atoms with E-state index in [9.17, 15) is 0 Å². The highest BCUT2D eigenvalue weighted by atomic mass is 14.8. The standard InChI is InChI=1S/C11H14N2/c1-8-5-6-9(2)11(10(8)3)13-7-12-4/h5-6H,1-4H3. The Morgan fingerprint density at radius 1 is 1.08 bits per heavy atom. The highest BCUT2D eigenvalue weighted by molar-refractivity contribution is 5.61. The molecule has 1 aromatic carbocycles. The molecule has 0 aliphatic heterocycles. The molecule has 1 aromatic rings. The van der Waals surface area contributed by atoms with Crippen LogP contribution in [0.1, 0.15) is 16.7 Å². The normalized spacial score (nSPS) is 9.23. The molecule has 0 aromatic heterocycles. The molecule has 0 bridgehead atoms. The Morgan fingerprint density at radius 3 is 2.31 bits per heavy atom. The van der Waals surface area contributed by atoms with Crippen LogP contribution >= 0.6 is 0 Å². The summed E-state index contributed by atoms with van der Waals surface area (Å²) in [5.74, 6) is 0. The third-order valence-electron chi connectivity index (χ3n) is 2.17. The zero-order valence-corrected chi connectivity index (χ0v) is 8.55. The minimum Gasteiger partial charge on any atom is -0.229 e. The lowest BCUT2D eigenvalue weighted by Crippen LogP contribution is -1.84. The van der Waals surface area contributed by atoms with Crippen molar-refractivity contribution in [1.82, 2.24) is 0 Å². The van der Waals surface area contributed by atoms with Crippen molar-refractivity contribution in [3.05, 3.63) is 28.8 Å². The van der Waals surface area contributed by atoms with Gasteiger partial charge in [-0.25, -0.2) is 4.99 Å². The van der Waals surface area contributed by atoms with Gasteiger partial charge in [-0.05, 0) is 37.5 Å². The largest absolute Gasteiger partial charge is 0.229 e. The molecular weight excluding hydrogens is 160 g/mol. The fourth-order valence-corrected chi connectivity index (χ4v) is 1.21. The molecule has 1 rings (SSSR count). The lowest BCUT2D eigenvalue weighted by atomic mass is 10.0. The summed E-state index contributed by atoms with van der Waals surface area (Å²) in [5.41, 5.74) is 4.61. The van der Waals surface area contributed by atoms with E-state index in [1.165, 1.54) is 16.7 Å². The molecule has 0 saturated carbocycles. The summed E-state index contributed by atoms with van der Waals surface area (Å²) in [5, 5.41) is 0. The number of aryl methyl sites for hydroxylation is 2. The van der Waals surface area contributed by atoms with E-state index >= 15 is 0 Å². The molecule has 0 fully saturated rings. The molecule has 0 amide bonds. The molecule has 0 N–H and O–H groups in total. The molecule has 0 heterocycles. The van der Waals surface area contributed by atoms with E-state index in [4.69, 9.17) is 0 Å². The molecule has 0 aliphatic rings. The summed E-state index contributed by atoms with van der Waals surface area (Å²) in [4.78, 5) is 7.89. The Balaban J connectivity index is 3.33. The van der Waals surface area contributed by atoms with Gasteiger partial charge in [0.15, 0.2) is 0 Å². The number of benzene rings is 1. The number of aliphatic imine (C=N–C) groups is 2. The first kappa shape index (κ1) is 9.69. The summed E-state index contributed by atoms with van der Waals surface area (Å²) >= 11 is 0.